The van der Waals surface area contributed by atoms with Crippen molar-refractivity contribution in [2.24, 2.45) is 5.92 Å². The summed E-state index contributed by atoms with van der Waals surface area (Å²) in [6.07, 6.45) is 0.900. The van der Waals surface area contributed by atoms with Crippen LogP contribution in [0.5, 0.6) is 11.5 Å². The zero-order valence-corrected chi connectivity index (χ0v) is 53.6. The molecule has 2 aromatic carbocycles. The SMILES string of the molecule is CC(C)[C@H]1C(=O)NC[C@@H](NC(=O)c2nc3ccccc3cc2O)C(=O)N2CCCC[C@H]2C(=O)NCC(=O)N(C)CC(=O)N(C)[C@@H]([C@H](C)OC(C)(C)C)C(=O)NC[C@@H](NC(=O)c2nc3ccccc3cc2O)C(=O)N2CCCC[C@H]2C(=O)NCC(=O)N(C)CC(=O)N1C. The van der Waals surface area contributed by atoms with Gasteiger partial charge >= 0.3 is 0 Å². The van der Waals surface area contributed by atoms with Crippen LogP contribution >= 0.6 is 0 Å². The van der Waals surface area contributed by atoms with Crippen LogP contribution in [0.25, 0.3) is 21.8 Å². The van der Waals surface area contributed by atoms with Crippen molar-refractivity contribution >= 4 is 92.7 Å². The number of piperidine rings is 2. The van der Waals surface area contributed by atoms with Gasteiger partial charge in [0.2, 0.25) is 59.1 Å². The second kappa shape index (κ2) is 30.5. The highest BCUT2D eigenvalue weighted by Gasteiger charge is 2.42. The van der Waals surface area contributed by atoms with E-state index in [1.807, 2.05) is 0 Å². The normalized spacial score (nSPS) is 23.0. The Balaban J connectivity index is 1.20. The van der Waals surface area contributed by atoms with Gasteiger partial charge in [-0.25, -0.2) is 9.97 Å². The van der Waals surface area contributed by atoms with Crippen LogP contribution in [0.3, 0.4) is 0 Å². The first-order chi connectivity index (χ1) is 43.5. The number of aromatic nitrogens is 2. The van der Waals surface area contributed by atoms with Gasteiger partial charge in [0.15, 0.2) is 11.4 Å². The second-order valence-electron chi connectivity index (χ2n) is 24.7. The number of amides is 12. The number of rotatable bonds is 7. The Bertz CT molecular complexity index is 3480. The van der Waals surface area contributed by atoms with Crippen molar-refractivity contribution in [1.82, 2.24) is 71.3 Å². The highest BCUT2D eigenvalue weighted by atomic mass is 16.5. The number of para-hydroxylation sites is 2. The highest BCUT2D eigenvalue weighted by molar-refractivity contribution is 6.03. The first-order valence-corrected chi connectivity index (χ1v) is 30.6. The predicted molar refractivity (Wildman–Crippen MR) is 334 cm³/mol. The molecule has 3 aliphatic rings. The maximum absolute atomic E-state index is 15.0. The number of nitrogens with zero attached hydrogens (tertiary/aromatic N) is 8. The van der Waals surface area contributed by atoms with Gasteiger partial charge in [0.25, 0.3) is 11.8 Å². The molecule has 2 aromatic heterocycles. The molecule has 4 aromatic rings. The van der Waals surface area contributed by atoms with Crippen molar-refractivity contribution in [2.75, 3.05) is 80.5 Å². The van der Waals surface area contributed by atoms with Crippen LogP contribution in [0.1, 0.15) is 101 Å². The van der Waals surface area contributed by atoms with Crippen LogP contribution in [-0.4, -0.2) is 249 Å². The number of nitrogens with one attached hydrogen (secondary N) is 6. The van der Waals surface area contributed by atoms with Crippen molar-refractivity contribution in [3.05, 3.63) is 72.1 Å². The van der Waals surface area contributed by atoms with Gasteiger partial charge in [-0.15, -0.1) is 0 Å². The van der Waals surface area contributed by atoms with Gasteiger partial charge in [0, 0.05) is 65.1 Å². The minimum Gasteiger partial charge on any atom is -0.505 e. The molecule has 0 spiro atoms. The predicted octanol–water partition coefficient (Wildman–Crippen LogP) is -0.238. The summed E-state index contributed by atoms with van der Waals surface area (Å²) in [6.45, 7) is 6.19. The molecule has 0 bridgehead atoms. The molecule has 5 heterocycles. The first-order valence-electron chi connectivity index (χ1n) is 30.6. The van der Waals surface area contributed by atoms with Crippen LogP contribution in [0.15, 0.2) is 60.7 Å². The molecule has 29 nitrogen and oxygen atoms in total. The largest absolute Gasteiger partial charge is 0.505 e. The third-order valence-corrected chi connectivity index (χ3v) is 16.4. The first kappa shape index (κ1) is 69.9. The smallest absolute Gasteiger partial charge is 0.274 e. The van der Waals surface area contributed by atoms with E-state index in [2.05, 4.69) is 41.9 Å². The van der Waals surface area contributed by atoms with Crippen molar-refractivity contribution in [3.8, 4) is 11.5 Å². The van der Waals surface area contributed by atoms with Gasteiger partial charge in [-0.1, -0.05) is 50.2 Å². The molecule has 12 amide bonds. The number of carbonyl (C=O) groups excluding carboxylic acids is 12. The van der Waals surface area contributed by atoms with Crippen molar-refractivity contribution in [3.63, 3.8) is 0 Å². The van der Waals surface area contributed by atoms with Gasteiger partial charge < -0.3 is 76.3 Å². The zero-order valence-electron chi connectivity index (χ0n) is 53.6. The number of hydrogen-bond donors (Lipinski definition) is 8. The summed E-state index contributed by atoms with van der Waals surface area (Å²) >= 11 is 0. The summed E-state index contributed by atoms with van der Waals surface area (Å²) < 4.78 is 6.21. The topological polar surface area (TPSA) is 372 Å². The molecule has 496 valence electrons. The van der Waals surface area contributed by atoms with E-state index in [0.29, 0.717) is 47.5 Å². The summed E-state index contributed by atoms with van der Waals surface area (Å²) in [6, 6.07) is 7.53. The van der Waals surface area contributed by atoms with E-state index in [-0.39, 0.29) is 25.9 Å². The Morgan fingerprint density at radius 1 is 0.554 bits per heavy atom. The third-order valence-electron chi connectivity index (χ3n) is 16.4. The van der Waals surface area contributed by atoms with Crippen molar-refractivity contribution in [1.29, 1.82) is 0 Å². The number of ether oxygens (including phenoxy) is 1. The van der Waals surface area contributed by atoms with E-state index in [1.54, 1.807) is 83.1 Å². The minimum absolute atomic E-state index is 0.00273. The number of likely N-dealkylation sites (N-methyl/N-ethyl adjacent to an activating group) is 4. The van der Waals surface area contributed by atoms with E-state index in [0.717, 1.165) is 19.6 Å². The molecule has 29 heteroatoms. The molecule has 92 heavy (non-hydrogen) atoms. The Morgan fingerprint density at radius 3 is 1.35 bits per heavy atom. The van der Waals surface area contributed by atoms with Crippen LogP contribution in [-0.2, 0) is 52.7 Å². The van der Waals surface area contributed by atoms with Gasteiger partial charge in [0.1, 0.15) is 47.8 Å². The summed E-state index contributed by atoms with van der Waals surface area (Å²) in [7, 11) is 5.23. The number of aromatic hydroxyl groups is 2. The van der Waals surface area contributed by atoms with E-state index in [9.17, 15) is 67.7 Å². The standard InChI is InChI=1S/C63H84N14O15/c1-35(2)53-59(88)64-29-41(70-57(86)51-45(78)27-37-19-11-13-21-39(37)68-51)61(90)76-25-17-15-23-43(76)55(84)67-32-48(81)73(8)34-50(83)75(10)54(36(3)92-63(4,5)6)60(89)65-30-42(71-58(87)52-46(79)28-38-20-12-14-22-40(38)69-52)62(91)77-26-18-16-24-44(77)56(85)66-31-47(80)72(7)33-49(82)74(53)9/h11-14,19-22,27-28,35-36,41-44,53-54,78-79H,15-18,23-26,29-34H2,1-10H3,(H,64,88)(H,65,89)(H,66,85)(H,67,84)(H,70,86)(H,71,87)/t36-,41+,42+,43-,44-,53-,54-/m0/s1. The number of fused-ring (bicyclic) bond motifs is 4. The van der Waals surface area contributed by atoms with Crippen LogP contribution in [0.2, 0.25) is 0 Å². The lowest BCUT2D eigenvalue weighted by atomic mass is 9.99. The molecular formula is C63H84N14O15. The summed E-state index contributed by atoms with van der Waals surface area (Å²) in [5.74, 6) is -11.5. The summed E-state index contributed by atoms with van der Waals surface area (Å²) in [5.41, 5.74) is -1.12. The van der Waals surface area contributed by atoms with Crippen LogP contribution in [0, 0.1) is 5.92 Å². The second-order valence-corrected chi connectivity index (χ2v) is 24.7. The monoisotopic (exact) mass is 1280 g/mol. The lowest BCUT2D eigenvalue weighted by molar-refractivity contribution is -0.152. The fourth-order valence-corrected chi connectivity index (χ4v) is 11.5. The van der Waals surface area contributed by atoms with Crippen molar-refractivity contribution < 1.29 is 72.5 Å². The molecule has 7 rings (SSSR count). The van der Waals surface area contributed by atoms with Crippen LogP contribution < -0.4 is 31.9 Å². The van der Waals surface area contributed by atoms with Gasteiger partial charge in [-0.2, -0.15) is 0 Å². The fraction of sp³-hybridized carbons (Fsp3) is 0.524. The number of hydrogen-bond acceptors (Lipinski definition) is 17. The minimum atomic E-state index is -1.66. The van der Waals surface area contributed by atoms with Crippen molar-refractivity contribution in [2.45, 2.75) is 128 Å². The van der Waals surface area contributed by atoms with Gasteiger partial charge in [-0.05, 0) is 96.4 Å². The molecule has 0 aliphatic carbocycles. The molecule has 0 saturated carbocycles. The highest BCUT2D eigenvalue weighted by Crippen LogP contribution is 2.26. The molecule has 3 aliphatic heterocycles. The number of pyridine rings is 2. The molecule has 3 saturated heterocycles. The Kier molecular flexibility index (Phi) is 23.2. The lowest BCUT2D eigenvalue weighted by Crippen LogP contribution is -2.62. The van der Waals surface area contributed by atoms with E-state index < -0.39 is 187 Å². The molecule has 0 unspecified atom stereocenters. The van der Waals surface area contributed by atoms with E-state index >= 15 is 0 Å². The average Bonchev–Trinajstić information content (AvgIpc) is 0.855. The maximum atomic E-state index is 15.0. The molecule has 7 atom stereocenters. The van der Waals surface area contributed by atoms with Gasteiger partial charge in [-0.3, -0.25) is 57.5 Å². The van der Waals surface area contributed by atoms with E-state index in [1.165, 1.54) is 57.0 Å². The van der Waals surface area contributed by atoms with Crippen LogP contribution in [0.4, 0.5) is 0 Å². The summed E-state index contributed by atoms with van der Waals surface area (Å²) in [5, 5.41) is 38.7. The average molecular weight is 1280 g/mol. The Morgan fingerprint density at radius 2 is 0.946 bits per heavy atom. The number of benzene rings is 2. The molecular weight excluding hydrogens is 1190 g/mol. The Hall–Kier alpha value is -9.54. The summed E-state index contributed by atoms with van der Waals surface area (Å²) in [4.78, 5) is 187. The quantitative estimate of drug-likeness (QED) is 0.118. The Labute approximate surface area is 532 Å². The van der Waals surface area contributed by atoms with E-state index in [4.69, 9.17) is 4.74 Å². The zero-order chi connectivity index (χ0) is 67.5. The molecule has 8 N–H and O–H groups in total. The number of carbonyl (C=O) groups is 12. The lowest BCUT2D eigenvalue weighted by Gasteiger charge is -2.38. The molecule has 0 radical (unpaired) electrons. The maximum Gasteiger partial charge on any atom is 0.274 e. The fourth-order valence-electron chi connectivity index (χ4n) is 11.5. The van der Waals surface area contributed by atoms with Gasteiger partial charge in [0.05, 0.1) is 48.9 Å². The molecule has 3 fully saturated rings. The third kappa shape index (κ3) is 17.3.